The monoisotopic (exact) mass is 357 g/mol. The average molecular weight is 357 g/mol. The lowest BCUT2D eigenvalue weighted by molar-refractivity contribution is 0.0521. The Bertz CT molecular complexity index is 426. The number of carbonyl (C=O) groups excluding carboxylic acids is 1. The minimum Gasteiger partial charge on any atom is -0.493 e. The molecule has 0 aliphatic carbocycles. The second kappa shape index (κ2) is 6.08. The molecule has 17 heavy (non-hydrogen) atoms. The van der Waals surface area contributed by atoms with Gasteiger partial charge in [-0.25, -0.2) is 18.6 Å². The molecule has 4 nitrogen and oxygen atoms in total. The molecular formula is C10H10F2INO3. The lowest BCUT2D eigenvalue weighted by Crippen LogP contribution is -2.10. The predicted octanol–water partition coefficient (Wildman–Crippen LogP) is 2.81. The predicted molar refractivity (Wildman–Crippen MR) is 64.4 cm³/mol. The van der Waals surface area contributed by atoms with Crippen molar-refractivity contribution in [3.8, 4) is 5.75 Å². The normalized spacial score (nSPS) is 10.5. The van der Waals surface area contributed by atoms with E-state index < -0.39 is 18.1 Å². The molecule has 1 aromatic heterocycles. The Kier molecular flexibility index (Phi) is 5.03. The number of alkyl halides is 2. The van der Waals surface area contributed by atoms with Crippen molar-refractivity contribution >= 4 is 28.6 Å². The number of esters is 1. The second-order valence-electron chi connectivity index (χ2n) is 2.94. The lowest BCUT2D eigenvalue weighted by Gasteiger charge is -2.11. The fourth-order valence-electron chi connectivity index (χ4n) is 1.19. The van der Waals surface area contributed by atoms with Gasteiger partial charge in [0.2, 0.25) is 0 Å². The van der Waals surface area contributed by atoms with Gasteiger partial charge in [-0.2, -0.15) is 0 Å². The maximum atomic E-state index is 12.6. The van der Waals surface area contributed by atoms with Crippen molar-refractivity contribution in [2.75, 3.05) is 13.7 Å². The van der Waals surface area contributed by atoms with Gasteiger partial charge in [-0.05, 0) is 35.6 Å². The molecule has 0 aliphatic heterocycles. The van der Waals surface area contributed by atoms with Gasteiger partial charge in [0, 0.05) is 0 Å². The van der Waals surface area contributed by atoms with Crippen molar-refractivity contribution in [1.29, 1.82) is 0 Å². The molecule has 1 rings (SSSR count). The summed E-state index contributed by atoms with van der Waals surface area (Å²) in [5.41, 5.74) is -0.512. The van der Waals surface area contributed by atoms with Crippen molar-refractivity contribution in [1.82, 2.24) is 4.98 Å². The first-order chi connectivity index (χ1) is 8.01. The van der Waals surface area contributed by atoms with E-state index in [1.165, 1.54) is 7.11 Å². The fourth-order valence-corrected chi connectivity index (χ4v) is 1.98. The quantitative estimate of drug-likeness (QED) is 0.473. The van der Waals surface area contributed by atoms with Gasteiger partial charge >= 0.3 is 5.97 Å². The minimum absolute atomic E-state index is 0.0379. The molecule has 7 heteroatoms. The van der Waals surface area contributed by atoms with Crippen LogP contribution in [0.5, 0.6) is 5.75 Å². The van der Waals surface area contributed by atoms with Crippen molar-refractivity contribution in [2.24, 2.45) is 0 Å². The number of hydrogen-bond acceptors (Lipinski definition) is 4. The van der Waals surface area contributed by atoms with E-state index in [9.17, 15) is 13.6 Å². The molecule has 0 radical (unpaired) electrons. The van der Waals surface area contributed by atoms with E-state index in [0.29, 0.717) is 0 Å². The Labute approximate surface area is 110 Å². The van der Waals surface area contributed by atoms with Crippen LogP contribution < -0.4 is 4.74 Å². The Morgan fingerprint density at radius 3 is 2.71 bits per heavy atom. The van der Waals surface area contributed by atoms with Crippen LogP contribution in [0.1, 0.15) is 29.4 Å². The second-order valence-corrected chi connectivity index (χ2v) is 3.96. The molecule has 1 aromatic rings. The van der Waals surface area contributed by atoms with Gasteiger partial charge in [0.1, 0.15) is 15.0 Å². The number of hydrogen-bond donors (Lipinski definition) is 0. The van der Waals surface area contributed by atoms with Gasteiger partial charge in [0.15, 0.2) is 5.75 Å². The maximum absolute atomic E-state index is 12.6. The highest BCUT2D eigenvalue weighted by atomic mass is 127. The van der Waals surface area contributed by atoms with Crippen LogP contribution in [-0.4, -0.2) is 24.7 Å². The van der Waals surface area contributed by atoms with Crippen LogP contribution >= 0.6 is 22.6 Å². The highest BCUT2D eigenvalue weighted by Gasteiger charge is 2.22. The summed E-state index contributed by atoms with van der Waals surface area (Å²) < 4.78 is 35.0. The summed E-state index contributed by atoms with van der Waals surface area (Å²) in [4.78, 5) is 15.2. The number of pyridine rings is 1. The summed E-state index contributed by atoms with van der Waals surface area (Å²) in [6, 6.07) is 0.990. The van der Waals surface area contributed by atoms with E-state index >= 15 is 0 Å². The van der Waals surface area contributed by atoms with Crippen molar-refractivity contribution in [3.05, 3.63) is 21.0 Å². The average Bonchev–Trinajstić information content (AvgIpc) is 2.28. The third kappa shape index (κ3) is 3.24. The molecule has 0 amide bonds. The van der Waals surface area contributed by atoms with Crippen LogP contribution in [0.25, 0.3) is 0 Å². The Balaban J connectivity index is 3.28. The number of methoxy groups -OCH3 is 1. The van der Waals surface area contributed by atoms with Crippen LogP contribution in [0.15, 0.2) is 6.07 Å². The van der Waals surface area contributed by atoms with E-state index in [0.717, 1.165) is 6.07 Å². The van der Waals surface area contributed by atoms with Gasteiger partial charge in [-0.1, -0.05) is 0 Å². The van der Waals surface area contributed by atoms with E-state index in [1.54, 1.807) is 29.5 Å². The van der Waals surface area contributed by atoms with Gasteiger partial charge in [0.05, 0.1) is 13.7 Å². The highest BCUT2D eigenvalue weighted by Crippen LogP contribution is 2.29. The first-order valence-electron chi connectivity index (χ1n) is 4.71. The van der Waals surface area contributed by atoms with E-state index in [1.807, 2.05) is 0 Å². The van der Waals surface area contributed by atoms with E-state index in [4.69, 9.17) is 9.47 Å². The van der Waals surface area contributed by atoms with E-state index in [2.05, 4.69) is 4.98 Å². The molecule has 0 unspecified atom stereocenters. The third-order valence-corrected chi connectivity index (χ3v) is 2.61. The van der Waals surface area contributed by atoms with Crippen LogP contribution in [0.4, 0.5) is 8.78 Å². The lowest BCUT2D eigenvalue weighted by atomic mass is 10.2. The maximum Gasteiger partial charge on any atom is 0.342 e. The first-order valence-corrected chi connectivity index (χ1v) is 5.78. The topological polar surface area (TPSA) is 48.4 Å². The number of aromatic nitrogens is 1. The molecule has 0 aromatic carbocycles. The van der Waals surface area contributed by atoms with Gasteiger partial charge < -0.3 is 9.47 Å². The molecule has 0 spiro atoms. The number of ether oxygens (including phenoxy) is 2. The SMILES string of the molecule is CCOC(=O)c1cc(C(F)F)nc(I)c1OC. The Hall–Kier alpha value is -0.990. The standard InChI is InChI=1S/C10H10F2INO3/c1-3-17-10(15)5-4-6(8(11)12)14-9(13)7(5)16-2/h4,8H,3H2,1-2H3. The van der Waals surface area contributed by atoms with Crippen LogP contribution in [-0.2, 0) is 4.74 Å². The van der Waals surface area contributed by atoms with Crippen LogP contribution in [0.3, 0.4) is 0 Å². The molecule has 0 saturated heterocycles. The zero-order chi connectivity index (χ0) is 13.0. The van der Waals surface area contributed by atoms with Gasteiger partial charge in [-0.3, -0.25) is 0 Å². The molecule has 0 bridgehead atoms. The largest absolute Gasteiger partial charge is 0.493 e. The summed E-state index contributed by atoms with van der Waals surface area (Å²) in [5.74, 6) is -0.556. The molecule has 1 heterocycles. The van der Waals surface area contributed by atoms with Crippen LogP contribution in [0, 0.1) is 3.70 Å². The molecule has 0 fully saturated rings. The van der Waals surface area contributed by atoms with E-state index in [-0.39, 0.29) is 21.6 Å². The summed E-state index contributed by atoms with van der Waals surface area (Å²) in [5, 5.41) is 0. The summed E-state index contributed by atoms with van der Waals surface area (Å²) in [6.45, 7) is 1.79. The van der Waals surface area contributed by atoms with Crippen molar-refractivity contribution < 1.29 is 23.0 Å². The fraction of sp³-hybridized carbons (Fsp3) is 0.400. The third-order valence-electron chi connectivity index (χ3n) is 1.87. The molecule has 0 saturated carbocycles. The Morgan fingerprint density at radius 1 is 1.59 bits per heavy atom. The highest BCUT2D eigenvalue weighted by molar-refractivity contribution is 14.1. The zero-order valence-corrected chi connectivity index (χ0v) is 11.3. The summed E-state index contributed by atoms with van der Waals surface area (Å²) in [6.07, 6.45) is -2.75. The Morgan fingerprint density at radius 2 is 2.24 bits per heavy atom. The van der Waals surface area contributed by atoms with Crippen molar-refractivity contribution in [2.45, 2.75) is 13.3 Å². The smallest absolute Gasteiger partial charge is 0.342 e. The minimum atomic E-state index is -2.75. The molecule has 0 atom stereocenters. The number of rotatable bonds is 4. The summed E-state index contributed by atoms with van der Waals surface area (Å²) >= 11 is 1.73. The van der Waals surface area contributed by atoms with Crippen molar-refractivity contribution in [3.63, 3.8) is 0 Å². The first kappa shape index (κ1) is 14.1. The zero-order valence-electron chi connectivity index (χ0n) is 9.17. The molecular weight excluding hydrogens is 347 g/mol. The number of halogens is 3. The van der Waals surface area contributed by atoms with Gasteiger partial charge in [0.25, 0.3) is 6.43 Å². The van der Waals surface area contributed by atoms with Gasteiger partial charge in [-0.15, -0.1) is 0 Å². The van der Waals surface area contributed by atoms with Crippen LogP contribution in [0.2, 0.25) is 0 Å². The number of carbonyl (C=O) groups is 1. The molecule has 94 valence electrons. The summed E-state index contributed by atoms with van der Waals surface area (Å²) in [7, 11) is 1.34. The molecule has 0 N–H and O–H groups in total. The molecule has 0 aliphatic rings. The number of nitrogens with zero attached hydrogens (tertiary/aromatic N) is 1.